The SMILES string of the molecule is CCc1nc(-c2coc(C)c2)n[nH]1. The lowest BCUT2D eigenvalue weighted by Gasteiger charge is -1.83. The Labute approximate surface area is 76.0 Å². The average Bonchev–Trinajstić information content (AvgIpc) is 2.71. The second kappa shape index (κ2) is 3.05. The highest BCUT2D eigenvalue weighted by Gasteiger charge is 2.06. The van der Waals surface area contributed by atoms with Gasteiger partial charge in [-0.1, -0.05) is 6.92 Å². The molecule has 0 amide bonds. The summed E-state index contributed by atoms with van der Waals surface area (Å²) in [4.78, 5) is 4.29. The predicted octanol–water partition coefficient (Wildman–Crippen LogP) is 1.94. The normalized spacial score (nSPS) is 10.6. The zero-order chi connectivity index (χ0) is 9.26. The minimum atomic E-state index is 0.703. The molecule has 2 aromatic rings. The molecule has 0 unspecified atom stereocenters. The Morgan fingerprint density at radius 2 is 2.38 bits per heavy atom. The Morgan fingerprint density at radius 3 is 2.92 bits per heavy atom. The Hall–Kier alpha value is -1.58. The first kappa shape index (κ1) is 8.04. The van der Waals surface area contributed by atoms with E-state index in [9.17, 15) is 0 Å². The number of hydrogen-bond acceptors (Lipinski definition) is 3. The van der Waals surface area contributed by atoms with Crippen molar-refractivity contribution in [2.45, 2.75) is 20.3 Å². The van der Waals surface area contributed by atoms with Crippen LogP contribution in [0.2, 0.25) is 0 Å². The van der Waals surface area contributed by atoms with E-state index >= 15 is 0 Å². The fourth-order valence-electron chi connectivity index (χ4n) is 1.14. The number of H-pyrrole nitrogens is 1. The number of nitrogens with one attached hydrogen (secondary N) is 1. The molecule has 0 bridgehead atoms. The number of hydrogen-bond donors (Lipinski definition) is 1. The Bertz CT molecular complexity index is 402. The van der Waals surface area contributed by atoms with Crippen molar-refractivity contribution in [3.05, 3.63) is 23.9 Å². The topological polar surface area (TPSA) is 54.7 Å². The van der Waals surface area contributed by atoms with E-state index in [-0.39, 0.29) is 0 Å². The predicted molar refractivity (Wildman–Crippen MR) is 48.2 cm³/mol. The third kappa shape index (κ3) is 1.47. The Morgan fingerprint density at radius 1 is 1.54 bits per heavy atom. The fraction of sp³-hybridized carbons (Fsp3) is 0.333. The third-order valence-electron chi connectivity index (χ3n) is 1.86. The summed E-state index contributed by atoms with van der Waals surface area (Å²) in [6.45, 7) is 3.93. The van der Waals surface area contributed by atoms with Gasteiger partial charge in [-0.15, -0.1) is 0 Å². The molecule has 4 nitrogen and oxygen atoms in total. The molecule has 0 fully saturated rings. The molecule has 0 aromatic carbocycles. The van der Waals surface area contributed by atoms with Crippen molar-refractivity contribution in [1.82, 2.24) is 15.2 Å². The van der Waals surface area contributed by atoms with E-state index in [2.05, 4.69) is 15.2 Å². The number of nitrogens with zero attached hydrogens (tertiary/aromatic N) is 2. The van der Waals surface area contributed by atoms with Gasteiger partial charge in [-0.3, -0.25) is 5.10 Å². The molecule has 2 heterocycles. The van der Waals surface area contributed by atoms with Crippen molar-refractivity contribution in [2.24, 2.45) is 0 Å². The van der Waals surface area contributed by atoms with Gasteiger partial charge >= 0.3 is 0 Å². The zero-order valence-electron chi connectivity index (χ0n) is 7.66. The van der Waals surface area contributed by atoms with Crippen LogP contribution in [0, 0.1) is 6.92 Å². The molecule has 0 saturated carbocycles. The molecule has 0 aliphatic heterocycles. The molecular weight excluding hydrogens is 166 g/mol. The molecular formula is C9H11N3O. The number of aryl methyl sites for hydroxylation is 2. The second-order valence-corrected chi connectivity index (χ2v) is 2.91. The zero-order valence-corrected chi connectivity index (χ0v) is 7.66. The van der Waals surface area contributed by atoms with Gasteiger partial charge in [-0.2, -0.15) is 5.10 Å². The van der Waals surface area contributed by atoms with Crippen molar-refractivity contribution in [2.75, 3.05) is 0 Å². The van der Waals surface area contributed by atoms with E-state index < -0.39 is 0 Å². The maximum Gasteiger partial charge on any atom is 0.184 e. The van der Waals surface area contributed by atoms with E-state index in [0.29, 0.717) is 5.82 Å². The van der Waals surface area contributed by atoms with Crippen molar-refractivity contribution in [1.29, 1.82) is 0 Å². The molecule has 13 heavy (non-hydrogen) atoms. The smallest absolute Gasteiger partial charge is 0.184 e. The van der Waals surface area contributed by atoms with Crippen molar-refractivity contribution in [3.63, 3.8) is 0 Å². The molecule has 0 saturated heterocycles. The van der Waals surface area contributed by atoms with Gasteiger partial charge in [0.15, 0.2) is 5.82 Å². The maximum absolute atomic E-state index is 5.17. The summed E-state index contributed by atoms with van der Waals surface area (Å²) in [5, 5.41) is 6.93. The van der Waals surface area contributed by atoms with Gasteiger partial charge in [-0.05, 0) is 13.0 Å². The molecule has 0 aliphatic rings. The lowest BCUT2D eigenvalue weighted by molar-refractivity contribution is 0.534. The summed E-state index contributed by atoms with van der Waals surface area (Å²) in [6, 6.07) is 1.92. The van der Waals surface area contributed by atoms with Gasteiger partial charge in [-0.25, -0.2) is 4.98 Å². The molecule has 0 atom stereocenters. The van der Waals surface area contributed by atoms with Crippen LogP contribution in [0.5, 0.6) is 0 Å². The van der Waals surface area contributed by atoms with Crippen molar-refractivity contribution >= 4 is 0 Å². The third-order valence-corrected chi connectivity index (χ3v) is 1.86. The molecule has 2 aromatic heterocycles. The maximum atomic E-state index is 5.17. The van der Waals surface area contributed by atoms with E-state index in [1.54, 1.807) is 6.26 Å². The lowest BCUT2D eigenvalue weighted by atomic mass is 10.3. The molecule has 0 aliphatic carbocycles. The van der Waals surface area contributed by atoms with Crippen molar-refractivity contribution in [3.8, 4) is 11.4 Å². The van der Waals surface area contributed by atoms with E-state index in [1.165, 1.54) is 0 Å². The summed E-state index contributed by atoms with van der Waals surface area (Å²) in [5.74, 6) is 2.47. The van der Waals surface area contributed by atoms with Crippen LogP contribution >= 0.6 is 0 Å². The highest BCUT2D eigenvalue weighted by atomic mass is 16.3. The van der Waals surface area contributed by atoms with Gasteiger partial charge in [0.05, 0.1) is 5.56 Å². The number of rotatable bonds is 2. The standard InChI is InChI=1S/C9H11N3O/c1-3-8-10-9(12-11-8)7-4-6(2)13-5-7/h4-5H,3H2,1-2H3,(H,10,11,12). The summed E-state index contributed by atoms with van der Waals surface area (Å²) < 4.78 is 5.17. The molecule has 0 radical (unpaired) electrons. The first-order valence-electron chi connectivity index (χ1n) is 4.26. The van der Waals surface area contributed by atoms with Crippen LogP contribution in [0.4, 0.5) is 0 Å². The second-order valence-electron chi connectivity index (χ2n) is 2.91. The van der Waals surface area contributed by atoms with E-state index in [1.807, 2.05) is 19.9 Å². The Kier molecular flexibility index (Phi) is 1.88. The van der Waals surface area contributed by atoms with Gasteiger partial charge in [0.2, 0.25) is 0 Å². The average molecular weight is 177 g/mol. The van der Waals surface area contributed by atoms with Gasteiger partial charge in [0.1, 0.15) is 17.8 Å². The van der Waals surface area contributed by atoms with Gasteiger partial charge in [0, 0.05) is 6.42 Å². The minimum absolute atomic E-state index is 0.703. The highest BCUT2D eigenvalue weighted by Crippen LogP contribution is 2.17. The summed E-state index contributed by atoms with van der Waals surface area (Å²) >= 11 is 0. The van der Waals surface area contributed by atoms with Crippen molar-refractivity contribution < 1.29 is 4.42 Å². The monoisotopic (exact) mass is 177 g/mol. The molecule has 1 N–H and O–H groups in total. The van der Waals surface area contributed by atoms with Crippen LogP contribution in [0.25, 0.3) is 11.4 Å². The van der Waals surface area contributed by atoms with E-state index in [0.717, 1.165) is 23.6 Å². The Balaban J connectivity index is 2.35. The highest BCUT2D eigenvalue weighted by molar-refractivity contribution is 5.53. The van der Waals surface area contributed by atoms with Crippen LogP contribution in [-0.2, 0) is 6.42 Å². The first-order chi connectivity index (χ1) is 6.29. The van der Waals surface area contributed by atoms with Crippen LogP contribution in [-0.4, -0.2) is 15.2 Å². The number of aromatic amines is 1. The minimum Gasteiger partial charge on any atom is -0.469 e. The quantitative estimate of drug-likeness (QED) is 0.762. The number of furan rings is 1. The summed E-state index contributed by atoms with van der Waals surface area (Å²) in [7, 11) is 0. The number of aromatic nitrogens is 3. The van der Waals surface area contributed by atoms with E-state index in [4.69, 9.17) is 4.42 Å². The fourth-order valence-corrected chi connectivity index (χ4v) is 1.14. The summed E-state index contributed by atoms with van der Waals surface area (Å²) in [5.41, 5.74) is 0.924. The largest absolute Gasteiger partial charge is 0.469 e. The van der Waals surface area contributed by atoms with Gasteiger partial charge in [0.25, 0.3) is 0 Å². The van der Waals surface area contributed by atoms with Crippen LogP contribution in [0.3, 0.4) is 0 Å². The van der Waals surface area contributed by atoms with Gasteiger partial charge < -0.3 is 4.42 Å². The molecule has 68 valence electrons. The molecule has 2 rings (SSSR count). The van der Waals surface area contributed by atoms with Crippen LogP contribution in [0.1, 0.15) is 18.5 Å². The lowest BCUT2D eigenvalue weighted by Crippen LogP contribution is -1.81. The summed E-state index contributed by atoms with van der Waals surface area (Å²) in [6.07, 6.45) is 2.53. The first-order valence-corrected chi connectivity index (χ1v) is 4.26. The van der Waals surface area contributed by atoms with Crippen LogP contribution in [0.15, 0.2) is 16.7 Å². The molecule has 0 spiro atoms. The molecule has 4 heteroatoms. The van der Waals surface area contributed by atoms with Crippen LogP contribution < -0.4 is 0 Å².